The summed E-state index contributed by atoms with van der Waals surface area (Å²) in [5.41, 5.74) is -0.290. The lowest BCUT2D eigenvalue weighted by atomic mass is 9.97. The average Bonchev–Trinajstić information content (AvgIpc) is 2.42. The third-order valence-electron chi connectivity index (χ3n) is 3.45. The zero-order valence-corrected chi connectivity index (χ0v) is 14.2. The fourth-order valence-electron chi connectivity index (χ4n) is 1.82. The van der Waals surface area contributed by atoms with Crippen LogP contribution in [0.15, 0.2) is 15.5 Å². The van der Waals surface area contributed by atoms with Gasteiger partial charge in [0.15, 0.2) is 0 Å². The summed E-state index contributed by atoms with van der Waals surface area (Å²) in [6.07, 6.45) is 2.94. The van der Waals surface area contributed by atoms with Crippen molar-refractivity contribution in [2.45, 2.75) is 52.7 Å². The van der Waals surface area contributed by atoms with E-state index >= 15 is 0 Å². The van der Waals surface area contributed by atoms with Gasteiger partial charge in [-0.25, -0.2) is 4.68 Å². The lowest BCUT2D eigenvalue weighted by Gasteiger charge is -2.26. The van der Waals surface area contributed by atoms with Crippen LogP contribution in [0.2, 0.25) is 0 Å². The molecule has 0 amide bonds. The van der Waals surface area contributed by atoms with Crippen molar-refractivity contribution in [2.75, 3.05) is 11.9 Å². The number of rotatable bonds is 7. The summed E-state index contributed by atoms with van der Waals surface area (Å²) in [4.78, 5) is 12.1. The molecule has 0 aromatic carbocycles. The van der Waals surface area contributed by atoms with Crippen molar-refractivity contribution < 1.29 is 5.11 Å². The van der Waals surface area contributed by atoms with Crippen LogP contribution in [-0.2, 0) is 6.54 Å². The molecule has 0 spiro atoms. The Morgan fingerprint density at radius 2 is 2.05 bits per heavy atom. The summed E-state index contributed by atoms with van der Waals surface area (Å²) >= 11 is 3.32. The van der Waals surface area contributed by atoms with E-state index in [9.17, 15) is 9.90 Å². The van der Waals surface area contributed by atoms with Gasteiger partial charge in [-0.05, 0) is 34.7 Å². The highest BCUT2D eigenvalue weighted by Gasteiger charge is 2.22. The van der Waals surface area contributed by atoms with E-state index in [0.717, 1.165) is 0 Å². The van der Waals surface area contributed by atoms with Crippen LogP contribution in [0.25, 0.3) is 0 Å². The third kappa shape index (κ3) is 4.31. The van der Waals surface area contributed by atoms with Crippen LogP contribution in [0.1, 0.15) is 40.5 Å². The Hall–Kier alpha value is -0.880. The predicted octanol–water partition coefficient (Wildman–Crippen LogP) is 2.62. The molecule has 114 valence electrons. The van der Waals surface area contributed by atoms with Crippen molar-refractivity contribution in [2.24, 2.45) is 5.92 Å². The first-order chi connectivity index (χ1) is 9.33. The normalized spacial score (nSPS) is 11.9. The van der Waals surface area contributed by atoms with Gasteiger partial charge in [-0.2, -0.15) is 5.10 Å². The van der Waals surface area contributed by atoms with Crippen LogP contribution in [0.3, 0.4) is 0 Å². The Bertz CT molecular complexity index is 496. The molecule has 1 aromatic heterocycles. The van der Waals surface area contributed by atoms with Crippen molar-refractivity contribution in [3.05, 3.63) is 21.0 Å². The number of aliphatic hydroxyl groups is 1. The second-order valence-electron chi connectivity index (χ2n) is 5.54. The molecule has 6 heteroatoms. The van der Waals surface area contributed by atoms with Gasteiger partial charge in [0.1, 0.15) is 4.47 Å². The van der Waals surface area contributed by atoms with Crippen molar-refractivity contribution in [3.8, 4) is 0 Å². The molecule has 2 N–H and O–H groups in total. The van der Waals surface area contributed by atoms with Gasteiger partial charge in [0.05, 0.1) is 17.5 Å². The molecule has 0 bridgehead atoms. The average molecular weight is 346 g/mol. The lowest BCUT2D eigenvalue weighted by Crippen LogP contribution is -2.36. The summed E-state index contributed by atoms with van der Waals surface area (Å²) in [6.45, 7) is 8.95. The van der Waals surface area contributed by atoms with E-state index in [2.05, 4.69) is 26.3 Å². The molecule has 0 unspecified atom stereocenters. The zero-order chi connectivity index (χ0) is 15.3. The molecule has 1 heterocycles. The largest absolute Gasteiger partial charge is 0.388 e. The molecular formula is C14H24BrN3O2. The maximum absolute atomic E-state index is 12.1. The molecule has 20 heavy (non-hydrogen) atoms. The molecule has 0 aliphatic carbocycles. The van der Waals surface area contributed by atoms with Crippen molar-refractivity contribution in [1.82, 2.24) is 9.78 Å². The summed E-state index contributed by atoms with van der Waals surface area (Å²) in [7, 11) is 0. The number of nitrogens with zero attached hydrogens (tertiary/aromatic N) is 2. The third-order valence-corrected chi connectivity index (χ3v) is 4.21. The maximum atomic E-state index is 12.1. The molecule has 0 saturated carbocycles. The first-order valence-electron chi connectivity index (χ1n) is 7.04. The summed E-state index contributed by atoms with van der Waals surface area (Å²) < 4.78 is 1.91. The molecule has 0 atom stereocenters. The number of halogens is 1. The van der Waals surface area contributed by atoms with E-state index in [1.807, 2.05) is 27.7 Å². The van der Waals surface area contributed by atoms with E-state index in [0.29, 0.717) is 42.0 Å². The van der Waals surface area contributed by atoms with Crippen LogP contribution in [0.5, 0.6) is 0 Å². The highest BCUT2D eigenvalue weighted by molar-refractivity contribution is 9.10. The van der Waals surface area contributed by atoms with Crippen LogP contribution < -0.4 is 10.9 Å². The summed E-state index contributed by atoms with van der Waals surface area (Å²) in [5.74, 6) is 0.358. The van der Waals surface area contributed by atoms with Gasteiger partial charge in [-0.15, -0.1) is 0 Å². The zero-order valence-electron chi connectivity index (χ0n) is 12.6. The highest BCUT2D eigenvalue weighted by Crippen LogP contribution is 2.20. The second-order valence-corrected chi connectivity index (χ2v) is 6.33. The maximum Gasteiger partial charge on any atom is 0.283 e. The minimum absolute atomic E-state index is 0.153. The summed E-state index contributed by atoms with van der Waals surface area (Å²) in [6, 6.07) is 0. The molecule has 0 aliphatic heterocycles. The Kier molecular flexibility index (Phi) is 6.20. The van der Waals surface area contributed by atoms with E-state index in [-0.39, 0.29) is 5.56 Å². The Morgan fingerprint density at radius 1 is 1.45 bits per heavy atom. The second kappa shape index (κ2) is 7.22. The molecule has 5 nitrogen and oxygen atoms in total. The van der Waals surface area contributed by atoms with E-state index in [1.54, 1.807) is 6.20 Å². The summed E-state index contributed by atoms with van der Waals surface area (Å²) in [5, 5.41) is 17.5. The molecule has 0 fully saturated rings. The minimum Gasteiger partial charge on any atom is -0.388 e. The number of hydrogen-bond donors (Lipinski definition) is 2. The smallest absolute Gasteiger partial charge is 0.283 e. The molecule has 0 saturated heterocycles. The fraction of sp³-hybridized carbons (Fsp3) is 0.714. The monoisotopic (exact) mass is 345 g/mol. The SMILES string of the molecule is CCC(O)(CC)CNc1cnn(CC(C)C)c(=O)c1Br. The van der Waals surface area contributed by atoms with E-state index in [4.69, 9.17) is 0 Å². The van der Waals surface area contributed by atoms with Crippen molar-refractivity contribution in [1.29, 1.82) is 0 Å². The van der Waals surface area contributed by atoms with Crippen LogP contribution in [0.4, 0.5) is 5.69 Å². The Balaban J connectivity index is 2.88. The highest BCUT2D eigenvalue weighted by atomic mass is 79.9. The number of anilines is 1. The molecule has 1 rings (SSSR count). The quantitative estimate of drug-likeness (QED) is 0.797. The molecule has 0 radical (unpaired) electrons. The number of nitrogens with one attached hydrogen (secondary N) is 1. The van der Waals surface area contributed by atoms with Gasteiger partial charge in [0, 0.05) is 13.1 Å². The van der Waals surface area contributed by atoms with E-state index in [1.165, 1.54) is 4.68 Å². The molecule has 0 aliphatic rings. The van der Waals surface area contributed by atoms with Gasteiger partial charge in [0.25, 0.3) is 5.56 Å². The van der Waals surface area contributed by atoms with Gasteiger partial charge in [-0.3, -0.25) is 4.79 Å². The first-order valence-corrected chi connectivity index (χ1v) is 7.84. The first kappa shape index (κ1) is 17.2. The van der Waals surface area contributed by atoms with Crippen molar-refractivity contribution in [3.63, 3.8) is 0 Å². The van der Waals surface area contributed by atoms with Gasteiger partial charge >= 0.3 is 0 Å². The Labute approximate surface area is 128 Å². The minimum atomic E-state index is -0.758. The fourth-order valence-corrected chi connectivity index (χ4v) is 2.27. The predicted molar refractivity (Wildman–Crippen MR) is 85.1 cm³/mol. The lowest BCUT2D eigenvalue weighted by molar-refractivity contribution is 0.0457. The van der Waals surface area contributed by atoms with Gasteiger partial charge in [0.2, 0.25) is 0 Å². The molecular weight excluding hydrogens is 322 g/mol. The van der Waals surface area contributed by atoms with E-state index < -0.39 is 5.60 Å². The van der Waals surface area contributed by atoms with Crippen molar-refractivity contribution >= 4 is 21.6 Å². The molecule has 1 aromatic rings. The van der Waals surface area contributed by atoms with Gasteiger partial charge in [-0.1, -0.05) is 27.7 Å². The van der Waals surface area contributed by atoms with Crippen LogP contribution in [-0.4, -0.2) is 27.0 Å². The Morgan fingerprint density at radius 3 is 2.55 bits per heavy atom. The standard InChI is InChI=1S/C14H24BrN3O2/c1-5-14(20,6-2)9-16-11-7-17-18(8-10(3)4)13(19)12(11)15/h7,10,16,20H,5-6,8-9H2,1-4H3. The number of hydrogen-bond acceptors (Lipinski definition) is 4. The number of aromatic nitrogens is 2. The topological polar surface area (TPSA) is 67.2 Å². The van der Waals surface area contributed by atoms with Crippen LogP contribution in [0, 0.1) is 5.92 Å². The van der Waals surface area contributed by atoms with Gasteiger partial charge < -0.3 is 10.4 Å². The van der Waals surface area contributed by atoms with Crippen LogP contribution >= 0.6 is 15.9 Å².